The van der Waals surface area contributed by atoms with Crippen molar-refractivity contribution >= 4 is 33.3 Å². The van der Waals surface area contributed by atoms with Crippen molar-refractivity contribution in [2.75, 3.05) is 0 Å². The topological polar surface area (TPSA) is 25.8 Å². The fraction of sp³-hybridized carbons (Fsp3) is 0.625. The molecule has 1 saturated carbocycles. The molecule has 2 aliphatic rings. The number of nitrogens with zero attached hydrogens (tertiary/aromatic N) is 2. The van der Waals surface area contributed by atoms with Gasteiger partial charge < -0.3 is 0 Å². The predicted molar refractivity (Wildman–Crippen MR) is 86.7 cm³/mol. The van der Waals surface area contributed by atoms with Crippen molar-refractivity contribution in [2.24, 2.45) is 5.92 Å². The van der Waals surface area contributed by atoms with Crippen LogP contribution in [0.2, 0.25) is 0 Å². The Labute approximate surface area is 128 Å². The van der Waals surface area contributed by atoms with E-state index < -0.39 is 0 Å². The Morgan fingerprint density at radius 2 is 2.05 bits per heavy atom. The van der Waals surface area contributed by atoms with Crippen molar-refractivity contribution in [3.63, 3.8) is 0 Å². The van der Waals surface area contributed by atoms with E-state index in [-0.39, 0.29) is 0 Å². The normalized spacial score (nSPS) is 23.4. The lowest BCUT2D eigenvalue weighted by atomic mass is 9.89. The highest BCUT2D eigenvalue weighted by Crippen LogP contribution is 2.43. The molecule has 1 unspecified atom stereocenters. The monoisotopic (exact) mass is 304 g/mol. The summed E-state index contributed by atoms with van der Waals surface area (Å²) in [5.74, 6) is 0.828. The van der Waals surface area contributed by atoms with E-state index in [1.807, 2.05) is 23.1 Å². The van der Waals surface area contributed by atoms with Gasteiger partial charge in [0.2, 0.25) is 0 Å². The lowest BCUT2D eigenvalue weighted by Crippen LogP contribution is -2.08. The molecule has 2 aromatic rings. The van der Waals surface area contributed by atoms with Crippen LogP contribution in [0.1, 0.15) is 49.5 Å². The number of hydrogen-bond donors (Lipinski definition) is 0. The summed E-state index contributed by atoms with van der Waals surface area (Å²) in [5, 5.41) is 3.44. The molecule has 4 heteroatoms. The molecule has 0 spiro atoms. The van der Waals surface area contributed by atoms with E-state index >= 15 is 0 Å². The molecule has 106 valence electrons. The molecule has 0 radical (unpaired) electrons. The van der Waals surface area contributed by atoms with Gasteiger partial charge in [0.1, 0.15) is 16.2 Å². The van der Waals surface area contributed by atoms with Crippen LogP contribution >= 0.6 is 23.1 Å². The van der Waals surface area contributed by atoms with Gasteiger partial charge in [-0.2, -0.15) is 0 Å². The predicted octanol–water partition coefficient (Wildman–Crippen LogP) is 4.85. The van der Waals surface area contributed by atoms with Gasteiger partial charge in [-0.3, -0.25) is 0 Å². The summed E-state index contributed by atoms with van der Waals surface area (Å²) in [6.45, 7) is 2.37. The molecule has 2 nitrogen and oxygen atoms in total. The number of thiophene rings is 1. The zero-order valence-corrected chi connectivity index (χ0v) is 13.5. The quantitative estimate of drug-likeness (QED) is 0.742. The first-order valence-corrected chi connectivity index (χ1v) is 9.43. The number of hydrogen-bond acceptors (Lipinski definition) is 4. The van der Waals surface area contributed by atoms with Crippen LogP contribution in [0.15, 0.2) is 11.4 Å². The van der Waals surface area contributed by atoms with Crippen LogP contribution in [0.25, 0.3) is 10.2 Å². The van der Waals surface area contributed by atoms with Gasteiger partial charge in [0, 0.05) is 15.5 Å². The highest BCUT2D eigenvalue weighted by molar-refractivity contribution is 8.00. The summed E-state index contributed by atoms with van der Waals surface area (Å²) < 4.78 is 0. The molecule has 0 bridgehead atoms. The standard InChI is InChI=1S/C16H20N2S2/c1-10-6-7-12-13(8-10)20-16-14(12)15(17-9-18-16)19-11-4-2-3-5-11/h9-11H,2-8H2,1H3. The van der Waals surface area contributed by atoms with Crippen molar-refractivity contribution in [1.29, 1.82) is 0 Å². The van der Waals surface area contributed by atoms with E-state index in [9.17, 15) is 0 Å². The van der Waals surface area contributed by atoms with Gasteiger partial charge in [-0.05, 0) is 43.6 Å². The molecule has 2 aromatic heterocycles. The van der Waals surface area contributed by atoms with Gasteiger partial charge >= 0.3 is 0 Å². The number of aromatic nitrogens is 2. The minimum Gasteiger partial charge on any atom is -0.229 e. The smallest absolute Gasteiger partial charge is 0.128 e. The fourth-order valence-corrected chi connectivity index (χ4v) is 6.25. The molecule has 20 heavy (non-hydrogen) atoms. The fourth-order valence-electron chi connectivity index (χ4n) is 3.50. The first-order valence-electron chi connectivity index (χ1n) is 7.73. The molecule has 0 aromatic carbocycles. The SMILES string of the molecule is CC1CCc2c(sc3ncnc(SC4CCCC4)c23)C1. The highest BCUT2D eigenvalue weighted by atomic mass is 32.2. The van der Waals surface area contributed by atoms with E-state index in [1.165, 1.54) is 60.2 Å². The summed E-state index contributed by atoms with van der Waals surface area (Å²) in [6.07, 6.45) is 11.1. The largest absolute Gasteiger partial charge is 0.229 e. The molecule has 1 fully saturated rings. The van der Waals surface area contributed by atoms with Crippen molar-refractivity contribution < 1.29 is 0 Å². The highest BCUT2D eigenvalue weighted by Gasteiger charge is 2.25. The molecule has 2 aliphatic carbocycles. The molecular formula is C16H20N2S2. The number of thioether (sulfide) groups is 1. The second kappa shape index (κ2) is 5.30. The van der Waals surface area contributed by atoms with Crippen LogP contribution in [0.5, 0.6) is 0 Å². The average Bonchev–Trinajstić information content (AvgIpc) is 3.05. The maximum Gasteiger partial charge on any atom is 0.128 e. The third kappa shape index (κ3) is 2.27. The summed E-state index contributed by atoms with van der Waals surface area (Å²) >= 11 is 3.93. The molecule has 0 saturated heterocycles. The molecule has 4 rings (SSSR count). The maximum atomic E-state index is 4.63. The number of aryl methyl sites for hydroxylation is 1. The second-order valence-electron chi connectivity index (χ2n) is 6.24. The maximum absolute atomic E-state index is 4.63. The Bertz CT molecular complexity index is 629. The molecule has 0 N–H and O–H groups in total. The summed E-state index contributed by atoms with van der Waals surface area (Å²) in [6, 6.07) is 0. The Morgan fingerprint density at radius 3 is 2.90 bits per heavy atom. The Morgan fingerprint density at radius 1 is 1.20 bits per heavy atom. The van der Waals surface area contributed by atoms with Gasteiger partial charge in [-0.25, -0.2) is 9.97 Å². The van der Waals surface area contributed by atoms with Crippen molar-refractivity contribution in [3.05, 3.63) is 16.8 Å². The first-order chi connectivity index (χ1) is 9.81. The number of fused-ring (bicyclic) bond motifs is 3. The van der Waals surface area contributed by atoms with Gasteiger partial charge in [0.15, 0.2) is 0 Å². The van der Waals surface area contributed by atoms with E-state index in [0.29, 0.717) is 0 Å². The Hall–Kier alpha value is -0.610. The second-order valence-corrected chi connectivity index (χ2v) is 8.61. The van der Waals surface area contributed by atoms with Crippen LogP contribution in [0.3, 0.4) is 0 Å². The van der Waals surface area contributed by atoms with Crippen molar-refractivity contribution in [3.8, 4) is 0 Å². The molecule has 1 atom stereocenters. The zero-order chi connectivity index (χ0) is 13.5. The van der Waals surface area contributed by atoms with E-state index in [4.69, 9.17) is 0 Å². The van der Waals surface area contributed by atoms with Gasteiger partial charge in [0.05, 0.1) is 0 Å². The molecule has 2 heterocycles. The van der Waals surface area contributed by atoms with E-state index in [2.05, 4.69) is 16.9 Å². The third-order valence-corrected chi connectivity index (χ3v) is 7.14. The van der Waals surface area contributed by atoms with Gasteiger partial charge in [-0.15, -0.1) is 23.1 Å². The Kier molecular flexibility index (Phi) is 3.47. The third-order valence-electron chi connectivity index (χ3n) is 4.64. The van der Waals surface area contributed by atoms with Crippen LogP contribution in [0.4, 0.5) is 0 Å². The van der Waals surface area contributed by atoms with Crippen molar-refractivity contribution in [2.45, 2.75) is 62.1 Å². The minimum atomic E-state index is 0.783. The van der Waals surface area contributed by atoms with Crippen LogP contribution in [-0.4, -0.2) is 15.2 Å². The van der Waals surface area contributed by atoms with E-state index in [1.54, 1.807) is 16.8 Å². The summed E-state index contributed by atoms with van der Waals surface area (Å²) in [5.41, 5.74) is 1.57. The molecular weight excluding hydrogens is 284 g/mol. The number of rotatable bonds is 2. The van der Waals surface area contributed by atoms with Gasteiger partial charge in [0.25, 0.3) is 0 Å². The summed E-state index contributed by atoms with van der Waals surface area (Å²) in [4.78, 5) is 12.0. The molecule has 0 amide bonds. The first kappa shape index (κ1) is 13.1. The van der Waals surface area contributed by atoms with E-state index in [0.717, 1.165) is 11.2 Å². The Balaban J connectivity index is 1.76. The van der Waals surface area contributed by atoms with Crippen molar-refractivity contribution in [1.82, 2.24) is 9.97 Å². The summed E-state index contributed by atoms with van der Waals surface area (Å²) in [7, 11) is 0. The lowest BCUT2D eigenvalue weighted by molar-refractivity contribution is 0.509. The average molecular weight is 304 g/mol. The van der Waals surface area contributed by atoms with Crippen LogP contribution in [0, 0.1) is 5.92 Å². The zero-order valence-electron chi connectivity index (χ0n) is 11.9. The van der Waals surface area contributed by atoms with Crippen LogP contribution in [-0.2, 0) is 12.8 Å². The molecule has 0 aliphatic heterocycles. The van der Waals surface area contributed by atoms with Crippen LogP contribution < -0.4 is 0 Å². The van der Waals surface area contributed by atoms with Gasteiger partial charge in [-0.1, -0.05) is 19.8 Å². The lowest BCUT2D eigenvalue weighted by Gasteiger charge is -2.18. The minimum absolute atomic E-state index is 0.783.